The van der Waals surface area contributed by atoms with Crippen molar-refractivity contribution in [2.45, 2.75) is 46.0 Å². The first-order chi connectivity index (χ1) is 16.3. The van der Waals surface area contributed by atoms with E-state index in [4.69, 9.17) is 4.74 Å². The van der Waals surface area contributed by atoms with Gasteiger partial charge in [0.2, 0.25) is 0 Å². The lowest BCUT2D eigenvalue weighted by Gasteiger charge is -2.34. The summed E-state index contributed by atoms with van der Waals surface area (Å²) in [5, 5.41) is 12.5. The van der Waals surface area contributed by atoms with Gasteiger partial charge in [-0.1, -0.05) is 42.5 Å². The molecule has 34 heavy (non-hydrogen) atoms. The smallest absolute Gasteiger partial charge is 0.307 e. The van der Waals surface area contributed by atoms with E-state index in [0.29, 0.717) is 18.6 Å². The van der Waals surface area contributed by atoms with Gasteiger partial charge in [0, 0.05) is 17.7 Å². The van der Waals surface area contributed by atoms with Crippen molar-refractivity contribution in [1.29, 1.82) is 0 Å². The molecule has 0 aliphatic heterocycles. The number of hydrogen-bond acceptors (Lipinski definition) is 3. The van der Waals surface area contributed by atoms with Crippen molar-refractivity contribution in [1.82, 2.24) is 0 Å². The zero-order valence-corrected chi connectivity index (χ0v) is 19.9. The van der Waals surface area contributed by atoms with Crippen LogP contribution in [0.4, 0.5) is 5.69 Å². The molecule has 1 aliphatic rings. The Hall–Kier alpha value is -3.60. The SMILES string of the molecule is Cc1ccc([C@H]2CC[C@H]2C(=O)O)cc1NC(=O)c1c(C)cc(OCCc2ccccc2)cc1C. The average Bonchev–Trinajstić information content (AvgIpc) is 2.75. The third-order valence-corrected chi connectivity index (χ3v) is 6.77. The molecule has 0 radical (unpaired) electrons. The Labute approximate surface area is 200 Å². The molecule has 0 bridgehead atoms. The topological polar surface area (TPSA) is 75.6 Å². The Bertz CT molecular complexity index is 1180. The summed E-state index contributed by atoms with van der Waals surface area (Å²) >= 11 is 0. The van der Waals surface area contributed by atoms with Gasteiger partial charge in [0.05, 0.1) is 12.5 Å². The van der Waals surface area contributed by atoms with Crippen LogP contribution in [0.1, 0.15) is 56.9 Å². The highest BCUT2D eigenvalue weighted by Gasteiger charge is 2.37. The summed E-state index contributed by atoms with van der Waals surface area (Å²) in [6, 6.07) is 19.9. The van der Waals surface area contributed by atoms with Crippen molar-refractivity contribution in [3.05, 3.63) is 94.0 Å². The van der Waals surface area contributed by atoms with Gasteiger partial charge >= 0.3 is 5.97 Å². The Kier molecular flexibility index (Phi) is 7.01. The molecule has 5 nitrogen and oxygen atoms in total. The molecule has 1 saturated carbocycles. The summed E-state index contributed by atoms with van der Waals surface area (Å²) < 4.78 is 5.95. The molecular formula is C29H31NO4. The van der Waals surface area contributed by atoms with E-state index in [9.17, 15) is 14.7 Å². The van der Waals surface area contributed by atoms with Crippen LogP contribution in [0, 0.1) is 26.7 Å². The molecular weight excluding hydrogens is 426 g/mol. The second-order valence-electron chi connectivity index (χ2n) is 9.17. The van der Waals surface area contributed by atoms with Gasteiger partial charge in [-0.05, 0) is 85.5 Å². The summed E-state index contributed by atoms with van der Waals surface area (Å²) in [5.74, 6) is -0.505. The Balaban J connectivity index is 1.46. The van der Waals surface area contributed by atoms with Gasteiger partial charge < -0.3 is 15.2 Å². The van der Waals surface area contributed by atoms with Crippen molar-refractivity contribution in [3.8, 4) is 5.75 Å². The zero-order valence-electron chi connectivity index (χ0n) is 19.9. The van der Waals surface area contributed by atoms with Crippen molar-refractivity contribution in [3.63, 3.8) is 0 Å². The molecule has 0 heterocycles. The third kappa shape index (κ3) is 5.14. The fraction of sp³-hybridized carbons (Fsp3) is 0.310. The first-order valence-corrected chi connectivity index (χ1v) is 11.8. The van der Waals surface area contributed by atoms with Crippen LogP contribution in [-0.4, -0.2) is 23.6 Å². The summed E-state index contributed by atoms with van der Waals surface area (Å²) in [7, 11) is 0. The van der Waals surface area contributed by atoms with Crippen LogP contribution in [-0.2, 0) is 11.2 Å². The molecule has 2 atom stereocenters. The standard InChI is InChI=1S/C29H31NO4/c1-18-9-10-22(24-11-12-25(24)29(32)33)17-26(18)30-28(31)27-19(2)15-23(16-20(27)3)34-14-13-21-7-5-4-6-8-21/h4-10,15-17,24-25H,11-14H2,1-3H3,(H,30,31)(H,32,33)/t24-,25-/m1/s1. The van der Waals surface area contributed by atoms with Gasteiger partial charge in [-0.2, -0.15) is 0 Å². The maximum absolute atomic E-state index is 13.2. The second-order valence-corrected chi connectivity index (χ2v) is 9.17. The van der Waals surface area contributed by atoms with Crippen LogP contribution in [0.2, 0.25) is 0 Å². The van der Waals surface area contributed by atoms with E-state index in [-0.39, 0.29) is 17.7 Å². The van der Waals surface area contributed by atoms with Gasteiger partial charge in [0.25, 0.3) is 5.91 Å². The number of carboxylic acid groups (broad SMARTS) is 1. The molecule has 0 aromatic heterocycles. The highest BCUT2D eigenvalue weighted by molar-refractivity contribution is 6.06. The predicted molar refractivity (Wildman–Crippen MR) is 134 cm³/mol. The summed E-state index contributed by atoms with van der Waals surface area (Å²) in [6.45, 7) is 6.35. The van der Waals surface area contributed by atoms with Crippen LogP contribution in [0.15, 0.2) is 60.7 Å². The van der Waals surface area contributed by atoms with Crippen LogP contribution in [0.25, 0.3) is 0 Å². The van der Waals surface area contributed by atoms with Crippen LogP contribution in [0.3, 0.4) is 0 Å². The first-order valence-electron chi connectivity index (χ1n) is 11.8. The number of benzene rings is 3. The maximum Gasteiger partial charge on any atom is 0.307 e. The minimum Gasteiger partial charge on any atom is -0.493 e. The molecule has 0 unspecified atom stereocenters. The normalized spacial score (nSPS) is 17.0. The molecule has 2 N–H and O–H groups in total. The lowest BCUT2D eigenvalue weighted by Crippen LogP contribution is -2.31. The molecule has 3 aromatic rings. The molecule has 0 spiro atoms. The molecule has 3 aromatic carbocycles. The maximum atomic E-state index is 13.2. The zero-order chi connectivity index (χ0) is 24.2. The number of amides is 1. The first kappa shape index (κ1) is 23.6. The number of nitrogens with one attached hydrogen (secondary N) is 1. The van der Waals surface area contributed by atoms with Gasteiger partial charge in [0.15, 0.2) is 0 Å². The van der Waals surface area contributed by atoms with Crippen LogP contribution < -0.4 is 10.1 Å². The summed E-state index contributed by atoms with van der Waals surface area (Å²) in [6.07, 6.45) is 2.38. The van der Waals surface area contributed by atoms with E-state index >= 15 is 0 Å². The van der Waals surface area contributed by atoms with E-state index in [0.717, 1.165) is 46.5 Å². The Morgan fingerprint density at radius 2 is 1.65 bits per heavy atom. The number of rotatable bonds is 8. The minimum absolute atomic E-state index is 0.00421. The number of aryl methyl sites for hydroxylation is 3. The molecule has 0 saturated heterocycles. The monoisotopic (exact) mass is 457 g/mol. The number of ether oxygens (including phenoxy) is 1. The highest BCUT2D eigenvalue weighted by atomic mass is 16.5. The van der Waals surface area contributed by atoms with Crippen LogP contribution >= 0.6 is 0 Å². The lowest BCUT2D eigenvalue weighted by atomic mass is 9.70. The molecule has 1 aliphatic carbocycles. The fourth-order valence-electron chi connectivity index (χ4n) is 4.68. The number of aliphatic carboxylic acids is 1. The van der Waals surface area contributed by atoms with Gasteiger partial charge in [-0.25, -0.2) is 0 Å². The Morgan fingerprint density at radius 1 is 0.941 bits per heavy atom. The van der Waals surface area contributed by atoms with E-state index in [1.54, 1.807) is 0 Å². The summed E-state index contributed by atoms with van der Waals surface area (Å²) in [5.41, 5.74) is 6.19. The molecule has 1 fully saturated rings. The number of anilines is 1. The van der Waals surface area contributed by atoms with Gasteiger partial charge in [-0.15, -0.1) is 0 Å². The van der Waals surface area contributed by atoms with Gasteiger partial charge in [-0.3, -0.25) is 9.59 Å². The number of hydrogen-bond donors (Lipinski definition) is 2. The van der Waals surface area contributed by atoms with E-state index < -0.39 is 5.97 Å². The number of carbonyl (C=O) groups excluding carboxylic acids is 1. The minimum atomic E-state index is -0.750. The van der Waals surface area contributed by atoms with Crippen molar-refractivity contribution < 1.29 is 19.4 Å². The average molecular weight is 458 g/mol. The Morgan fingerprint density at radius 3 is 2.26 bits per heavy atom. The third-order valence-electron chi connectivity index (χ3n) is 6.77. The lowest BCUT2D eigenvalue weighted by molar-refractivity contribution is -0.145. The molecule has 5 heteroatoms. The van der Waals surface area contributed by atoms with Crippen LogP contribution in [0.5, 0.6) is 5.75 Å². The predicted octanol–water partition coefficient (Wildman–Crippen LogP) is 6.06. The van der Waals surface area contributed by atoms with Gasteiger partial charge in [0.1, 0.15) is 5.75 Å². The number of carboxylic acids is 1. The number of carbonyl (C=O) groups is 2. The van der Waals surface area contributed by atoms with E-state index in [1.165, 1.54) is 5.56 Å². The fourth-order valence-corrected chi connectivity index (χ4v) is 4.68. The van der Waals surface area contributed by atoms with Crippen molar-refractivity contribution in [2.24, 2.45) is 5.92 Å². The second kappa shape index (κ2) is 10.1. The highest BCUT2D eigenvalue weighted by Crippen LogP contribution is 2.43. The van der Waals surface area contributed by atoms with E-state index in [2.05, 4.69) is 17.4 Å². The quantitative estimate of drug-likeness (QED) is 0.431. The molecule has 176 valence electrons. The largest absolute Gasteiger partial charge is 0.493 e. The van der Waals surface area contributed by atoms with Crippen molar-refractivity contribution in [2.75, 3.05) is 11.9 Å². The molecule has 4 rings (SSSR count). The molecule has 1 amide bonds. The van der Waals surface area contributed by atoms with Crippen molar-refractivity contribution >= 4 is 17.6 Å². The van der Waals surface area contributed by atoms with E-state index in [1.807, 2.05) is 69.3 Å². The summed E-state index contributed by atoms with van der Waals surface area (Å²) in [4.78, 5) is 24.6.